The highest BCUT2D eigenvalue weighted by Gasteiger charge is 2.39. The van der Waals surface area contributed by atoms with E-state index in [1.54, 1.807) is 6.08 Å². The highest BCUT2D eigenvalue weighted by Crippen LogP contribution is 2.45. The van der Waals surface area contributed by atoms with E-state index in [0.717, 1.165) is 19.3 Å². The summed E-state index contributed by atoms with van der Waals surface area (Å²) in [7, 11) is 0. The second kappa shape index (κ2) is 3.84. The fraction of sp³-hybridized carbons (Fsp3) is 0.909. The van der Waals surface area contributed by atoms with E-state index in [0.29, 0.717) is 6.54 Å². The van der Waals surface area contributed by atoms with Gasteiger partial charge in [-0.15, -0.1) is 0 Å². The fourth-order valence-corrected chi connectivity index (χ4v) is 3.06. The summed E-state index contributed by atoms with van der Waals surface area (Å²) in [5.74, 6) is 0. The average molecular weight is 196 g/mol. The molecule has 2 atom stereocenters. The van der Waals surface area contributed by atoms with Gasteiger partial charge in [0, 0.05) is 6.04 Å². The summed E-state index contributed by atoms with van der Waals surface area (Å²) in [5, 5.41) is 0. The number of aliphatic imine (C=N–C) groups is 1. The molecule has 14 heavy (non-hydrogen) atoms. The molecular formula is C11H20N2O. The lowest BCUT2D eigenvalue weighted by atomic mass is 9.63. The Balaban J connectivity index is 2.73. The molecule has 1 aliphatic rings. The van der Waals surface area contributed by atoms with Crippen molar-refractivity contribution in [3.05, 3.63) is 0 Å². The van der Waals surface area contributed by atoms with Crippen molar-refractivity contribution in [3.8, 4) is 0 Å². The molecule has 2 N–H and O–H groups in total. The van der Waals surface area contributed by atoms with Gasteiger partial charge in [-0.1, -0.05) is 20.8 Å². The van der Waals surface area contributed by atoms with Crippen LogP contribution in [0.1, 0.15) is 40.0 Å². The van der Waals surface area contributed by atoms with Crippen LogP contribution >= 0.6 is 0 Å². The molecular weight excluding hydrogens is 176 g/mol. The summed E-state index contributed by atoms with van der Waals surface area (Å²) in [6.45, 7) is 7.19. The predicted octanol–water partition coefficient (Wildman–Crippen LogP) is 1.87. The second-order valence-electron chi connectivity index (χ2n) is 5.73. The number of hydrogen-bond donors (Lipinski definition) is 1. The van der Waals surface area contributed by atoms with Crippen LogP contribution in [0.2, 0.25) is 0 Å². The van der Waals surface area contributed by atoms with Crippen molar-refractivity contribution in [1.82, 2.24) is 0 Å². The van der Waals surface area contributed by atoms with Gasteiger partial charge in [0.05, 0.1) is 6.54 Å². The molecule has 1 fully saturated rings. The van der Waals surface area contributed by atoms with Crippen molar-refractivity contribution < 1.29 is 4.79 Å². The third-order valence-electron chi connectivity index (χ3n) is 3.00. The molecule has 0 aromatic rings. The minimum Gasteiger partial charge on any atom is -0.328 e. The van der Waals surface area contributed by atoms with Crippen molar-refractivity contribution in [2.45, 2.75) is 46.1 Å². The van der Waals surface area contributed by atoms with Crippen LogP contribution in [0.4, 0.5) is 0 Å². The highest BCUT2D eigenvalue weighted by atomic mass is 16.1. The monoisotopic (exact) mass is 196 g/mol. The Morgan fingerprint density at radius 1 is 1.43 bits per heavy atom. The van der Waals surface area contributed by atoms with Crippen molar-refractivity contribution in [2.24, 2.45) is 21.6 Å². The number of nitrogens with two attached hydrogens (primary N) is 1. The van der Waals surface area contributed by atoms with Crippen LogP contribution in [-0.4, -0.2) is 18.7 Å². The number of rotatable bonds is 2. The Morgan fingerprint density at radius 3 is 2.57 bits per heavy atom. The first-order valence-electron chi connectivity index (χ1n) is 5.16. The van der Waals surface area contributed by atoms with Crippen LogP contribution in [0.15, 0.2) is 4.99 Å². The van der Waals surface area contributed by atoms with Crippen LogP contribution < -0.4 is 5.73 Å². The van der Waals surface area contributed by atoms with E-state index in [9.17, 15) is 4.79 Å². The van der Waals surface area contributed by atoms with Gasteiger partial charge in [0.2, 0.25) is 6.08 Å². The van der Waals surface area contributed by atoms with Gasteiger partial charge in [-0.25, -0.2) is 9.79 Å². The van der Waals surface area contributed by atoms with Crippen molar-refractivity contribution in [3.63, 3.8) is 0 Å². The van der Waals surface area contributed by atoms with Crippen LogP contribution in [0, 0.1) is 10.8 Å². The van der Waals surface area contributed by atoms with Crippen molar-refractivity contribution in [2.75, 3.05) is 6.54 Å². The number of isocyanates is 1. The second-order valence-corrected chi connectivity index (χ2v) is 5.73. The van der Waals surface area contributed by atoms with E-state index >= 15 is 0 Å². The lowest BCUT2D eigenvalue weighted by Crippen LogP contribution is -2.43. The molecule has 1 rings (SSSR count). The van der Waals surface area contributed by atoms with E-state index in [-0.39, 0.29) is 16.9 Å². The molecule has 0 aromatic carbocycles. The first kappa shape index (κ1) is 11.4. The van der Waals surface area contributed by atoms with Gasteiger partial charge in [-0.05, 0) is 30.1 Å². The first-order chi connectivity index (χ1) is 6.37. The Labute approximate surface area is 85.8 Å². The van der Waals surface area contributed by atoms with Gasteiger partial charge < -0.3 is 5.73 Å². The van der Waals surface area contributed by atoms with E-state index < -0.39 is 0 Å². The minimum atomic E-state index is 0.0819. The summed E-state index contributed by atoms with van der Waals surface area (Å²) in [6, 6.07) is 0.241. The molecule has 2 unspecified atom stereocenters. The zero-order valence-electron chi connectivity index (χ0n) is 9.34. The molecule has 1 saturated carbocycles. The Morgan fingerprint density at radius 2 is 2.07 bits per heavy atom. The number of nitrogens with zero attached hydrogens (tertiary/aromatic N) is 1. The van der Waals surface area contributed by atoms with Gasteiger partial charge in [0.15, 0.2) is 0 Å². The lowest BCUT2D eigenvalue weighted by Gasteiger charge is -2.44. The summed E-state index contributed by atoms with van der Waals surface area (Å²) >= 11 is 0. The zero-order chi connectivity index (χ0) is 10.8. The highest BCUT2D eigenvalue weighted by molar-refractivity contribution is 5.33. The van der Waals surface area contributed by atoms with Crippen LogP contribution in [0.25, 0.3) is 0 Å². The largest absolute Gasteiger partial charge is 0.328 e. The summed E-state index contributed by atoms with van der Waals surface area (Å²) < 4.78 is 0. The van der Waals surface area contributed by atoms with Crippen molar-refractivity contribution >= 4 is 6.08 Å². The maximum absolute atomic E-state index is 10.1. The fourth-order valence-electron chi connectivity index (χ4n) is 3.06. The smallest absolute Gasteiger partial charge is 0.234 e. The first-order valence-corrected chi connectivity index (χ1v) is 5.16. The molecule has 0 aromatic heterocycles. The van der Waals surface area contributed by atoms with E-state index in [2.05, 4.69) is 25.8 Å². The van der Waals surface area contributed by atoms with Gasteiger partial charge in [-0.2, -0.15) is 0 Å². The normalized spacial score (nSPS) is 36.1. The molecule has 0 spiro atoms. The topological polar surface area (TPSA) is 55.4 Å². The van der Waals surface area contributed by atoms with E-state index in [1.807, 2.05) is 0 Å². The maximum Gasteiger partial charge on any atom is 0.234 e. The lowest BCUT2D eigenvalue weighted by molar-refractivity contribution is 0.0908. The average Bonchev–Trinajstić information content (AvgIpc) is 1.96. The van der Waals surface area contributed by atoms with E-state index in [4.69, 9.17) is 5.73 Å². The molecule has 0 radical (unpaired) electrons. The molecule has 1 aliphatic carbocycles. The number of carbonyl (C=O) groups excluding carboxylic acids is 1. The molecule has 3 heteroatoms. The Hall–Kier alpha value is -0.660. The van der Waals surface area contributed by atoms with Crippen LogP contribution in [-0.2, 0) is 4.79 Å². The number of hydrogen-bond acceptors (Lipinski definition) is 3. The molecule has 0 saturated heterocycles. The standard InChI is InChI=1S/C11H20N2O/c1-10(2)4-9(12)5-11(3,6-10)7-13-8-14/h9H,4-7,12H2,1-3H3. The minimum absolute atomic E-state index is 0.0819. The third-order valence-corrected chi connectivity index (χ3v) is 3.00. The van der Waals surface area contributed by atoms with Gasteiger partial charge in [0.1, 0.15) is 0 Å². The van der Waals surface area contributed by atoms with E-state index in [1.165, 1.54) is 0 Å². The third kappa shape index (κ3) is 2.93. The molecule has 0 aliphatic heterocycles. The Kier molecular flexibility index (Phi) is 3.13. The zero-order valence-corrected chi connectivity index (χ0v) is 9.34. The summed E-state index contributed by atoms with van der Waals surface area (Å²) in [5.41, 5.74) is 6.37. The van der Waals surface area contributed by atoms with Crippen LogP contribution in [0.3, 0.4) is 0 Å². The quantitative estimate of drug-likeness (QED) is 0.541. The molecule has 0 bridgehead atoms. The molecule has 3 nitrogen and oxygen atoms in total. The SMILES string of the molecule is CC1(C)CC(N)CC(C)(CN=C=O)C1. The summed E-state index contributed by atoms with van der Waals surface area (Å²) in [6.07, 6.45) is 4.72. The van der Waals surface area contributed by atoms with Crippen LogP contribution in [0.5, 0.6) is 0 Å². The molecule has 0 heterocycles. The van der Waals surface area contributed by atoms with Gasteiger partial charge in [0.25, 0.3) is 0 Å². The van der Waals surface area contributed by atoms with Gasteiger partial charge >= 0.3 is 0 Å². The molecule has 80 valence electrons. The summed E-state index contributed by atoms with van der Waals surface area (Å²) in [4.78, 5) is 13.8. The maximum atomic E-state index is 10.1. The van der Waals surface area contributed by atoms with Gasteiger partial charge in [-0.3, -0.25) is 0 Å². The van der Waals surface area contributed by atoms with Crippen molar-refractivity contribution in [1.29, 1.82) is 0 Å². The predicted molar refractivity (Wildman–Crippen MR) is 56.7 cm³/mol. The Bertz CT molecular complexity index is 256. The molecule has 0 amide bonds.